The van der Waals surface area contributed by atoms with E-state index < -0.39 is 28.5 Å². The Morgan fingerprint density at radius 1 is 0.878 bits per heavy atom. The van der Waals surface area contributed by atoms with Gasteiger partial charge in [0.2, 0.25) is 11.8 Å². The first kappa shape index (κ1) is 32.7. The Kier molecular flexibility index (Phi) is 11.9. The summed E-state index contributed by atoms with van der Waals surface area (Å²) in [7, 11) is -4.23. The van der Waals surface area contributed by atoms with Gasteiger partial charge in [0.15, 0.2) is 0 Å². The molecule has 0 unspecified atom stereocenters. The molecular formula is C30H34Cl3N3O4S. The minimum absolute atomic E-state index is 0.000804. The summed E-state index contributed by atoms with van der Waals surface area (Å²) in [6.45, 7) is 5.39. The van der Waals surface area contributed by atoms with E-state index in [1.807, 2.05) is 13.8 Å². The van der Waals surface area contributed by atoms with E-state index >= 15 is 0 Å². The fourth-order valence-corrected chi connectivity index (χ4v) is 6.52. The number of aryl methyl sites for hydroxylation is 1. The van der Waals surface area contributed by atoms with E-state index in [4.69, 9.17) is 34.8 Å². The molecule has 1 atom stereocenters. The number of rotatable bonds is 13. The zero-order chi connectivity index (χ0) is 30.2. The lowest BCUT2D eigenvalue weighted by atomic mass is 10.1. The monoisotopic (exact) mass is 637 g/mol. The van der Waals surface area contributed by atoms with Crippen LogP contribution in [0.25, 0.3) is 0 Å². The first-order valence-electron chi connectivity index (χ1n) is 13.3. The SMILES string of the molecule is CCCCNC(=O)[C@H](CC)N(Cc1c(Cl)cccc1Cl)C(=O)CN(c1ccccc1Cl)S(=O)(=O)c1ccc(C)cc1. The number of anilines is 1. The topological polar surface area (TPSA) is 86.8 Å². The summed E-state index contributed by atoms with van der Waals surface area (Å²) in [5, 5.41) is 3.69. The van der Waals surface area contributed by atoms with Crippen LogP contribution in [0.1, 0.15) is 44.2 Å². The van der Waals surface area contributed by atoms with Crippen LogP contribution in [0, 0.1) is 6.92 Å². The van der Waals surface area contributed by atoms with Crippen molar-refractivity contribution in [2.75, 3.05) is 17.4 Å². The van der Waals surface area contributed by atoms with Gasteiger partial charge in [0.25, 0.3) is 10.0 Å². The number of hydrogen-bond acceptors (Lipinski definition) is 4. The number of carbonyl (C=O) groups is 2. The van der Waals surface area contributed by atoms with E-state index in [9.17, 15) is 18.0 Å². The number of hydrogen-bond donors (Lipinski definition) is 1. The van der Waals surface area contributed by atoms with Gasteiger partial charge < -0.3 is 10.2 Å². The lowest BCUT2D eigenvalue weighted by Gasteiger charge is -2.33. The lowest BCUT2D eigenvalue weighted by molar-refractivity contribution is -0.140. The number of sulfonamides is 1. The fraction of sp³-hybridized carbons (Fsp3) is 0.333. The van der Waals surface area contributed by atoms with Crippen molar-refractivity contribution in [3.8, 4) is 0 Å². The molecule has 3 rings (SSSR count). The zero-order valence-electron chi connectivity index (χ0n) is 23.2. The van der Waals surface area contributed by atoms with Crippen LogP contribution in [0.4, 0.5) is 5.69 Å². The highest BCUT2D eigenvalue weighted by Crippen LogP contribution is 2.32. The van der Waals surface area contributed by atoms with E-state index in [1.54, 1.807) is 55.5 Å². The standard InChI is InChI=1S/C30H34Cl3N3O4S/c1-4-6-18-34-30(38)27(5-2)35(19-23-24(31)11-9-12-25(23)32)29(37)20-36(28-13-8-7-10-26(28)33)41(39,40)22-16-14-21(3)15-17-22/h7-17,27H,4-6,18-20H2,1-3H3,(H,34,38)/t27-/m0/s1. The summed E-state index contributed by atoms with van der Waals surface area (Å²) in [6, 6.07) is 16.8. The van der Waals surface area contributed by atoms with Crippen LogP contribution >= 0.6 is 34.8 Å². The van der Waals surface area contributed by atoms with Crippen molar-refractivity contribution in [3.05, 3.63) is 92.9 Å². The molecule has 0 heterocycles. The van der Waals surface area contributed by atoms with E-state index in [0.717, 1.165) is 22.7 Å². The Morgan fingerprint density at radius 3 is 2.07 bits per heavy atom. The van der Waals surface area contributed by atoms with E-state index in [1.165, 1.54) is 23.1 Å². The number of carbonyl (C=O) groups excluding carboxylic acids is 2. The second-order valence-electron chi connectivity index (χ2n) is 9.57. The number of halogens is 3. The van der Waals surface area contributed by atoms with Gasteiger partial charge in [-0.15, -0.1) is 0 Å². The molecule has 41 heavy (non-hydrogen) atoms. The molecule has 0 spiro atoms. The average molecular weight is 639 g/mol. The molecular weight excluding hydrogens is 605 g/mol. The maximum Gasteiger partial charge on any atom is 0.264 e. The molecule has 2 amide bonds. The molecule has 0 bridgehead atoms. The van der Waals surface area contributed by atoms with Gasteiger partial charge in [-0.1, -0.05) is 91.0 Å². The molecule has 3 aromatic rings. The summed E-state index contributed by atoms with van der Waals surface area (Å²) in [4.78, 5) is 28.8. The number of para-hydroxylation sites is 1. The van der Waals surface area contributed by atoms with Crippen LogP contribution in [0.15, 0.2) is 71.6 Å². The quantitative estimate of drug-likeness (QED) is 0.207. The largest absolute Gasteiger partial charge is 0.354 e. The van der Waals surface area contributed by atoms with Crippen LogP contribution in [-0.4, -0.2) is 44.3 Å². The summed E-state index contributed by atoms with van der Waals surface area (Å²) in [6.07, 6.45) is 1.95. The fourth-order valence-electron chi connectivity index (χ4n) is 4.28. The normalized spacial score (nSPS) is 12.0. The molecule has 7 nitrogen and oxygen atoms in total. The molecule has 0 aliphatic carbocycles. The van der Waals surface area contributed by atoms with Gasteiger partial charge in [0.05, 0.1) is 15.6 Å². The second-order valence-corrected chi connectivity index (χ2v) is 12.7. The van der Waals surface area contributed by atoms with Crippen LogP contribution in [0.2, 0.25) is 15.1 Å². The maximum atomic E-state index is 14.1. The predicted octanol–water partition coefficient (Wildman–Crippen LogP) is 6.87. The van der Waals surface area contributed by atoms with Crippen molar-refractivity contribution in [1.82, 2.24) is 10.2 Å². The van der Waals surface area contributed by atoms with Gasteiger partial charge in [-0.05, 0) is 56.2 Å². The lowest BCUT2D eigenvalue weighted by Crippen LogP contribution is -2.52. The number of benzene rings is 3. The third-order valence-corrected chi connectivity index (χ3v) is 9.42. The third kappa shape index (κ3) is 8.16. The zero-order valence-corrected chi connectivity index (χ0v) is 26.3. The average Bonchev–Trinajstić information content (AvgIpc) is 2.94. The number of nitrogens with one attached hydrogen (secondary N) is 1. The van der Waals surface area contributed by atoms with Gasteiger partial charge >= 0.3 is 0 Å². The predicted molar refractivity (Wildman–Crippen MR) is 166 cm³/mol. The molecule has 0 saturated heterocycles. The molecule has 11 heteroatoms. The van der Waals surface area contributed by atoms with Crippen molar-refractivity contribution in [2.24, 2.45) is 0 Å². The minimum Gasteiger partial charge on any atom is -0.354 e. The first-order chi connectivity index (χ1) is 19.5. The molecule has 220 valence electrons. The summed E-state index contributed by atoms with van der Waals surface area (Å²) < 4.78 is 28.9. The highest BCUT2D eigenvalue weighted by molar-refractivity contribution is 7.92. The molecule has 0 aromatic heterocycles. The third-order valence-electron chi connectivity index (χ3n) is 6.61. The highest BCUT2D eigenvalue weighted by Gasteiger charge is 2.34. The first-order valence-corrected chi connectivity index (χ1v) is 15.9. The minimum atomic E-state index is -4.23. The Bertz CT molecular complexity index is 1450. The highest BCUT2D eigenvalue weighted by atomic mass is 35.5. The summed E-state index contributed by atoms with van der Waals surface area (Å²) in [5.74, 6) is -0.961. The summed E-state index contributed by atoms with van der Waals surface area (Å²) in [5.41, 5.74) is 1.47. The molecule has 0 aliphatic heterocycles. The molecule has 0 aliphatic rings. The van der Waals surface area contributed by atoms with Gasteiger partial charge in [-0.3, -0.25) is 13.9 Å². The van der Waals surface area contributed by atoms with Crippen molar-refractivity contribution in [1.29, 1.82) is 0 Å². The second kappa shape index (κ2) is 14.9. The van der Waals surface area contributed by atoms with Gasteiger partial charge in [0.1, 0.15) is 12.6 Å². The Labute approximate surface area is 257 Å². The van der Waals surface area contributed by atoms with E-state index in [-0.39, 0.29) is 34.5 Å². The van der Waals surface area contributed by atoms with Crippen LogP contribution in [-0.2, 0) is 26.2 Å². The van der Waals surface area contributed by atoms with Gasteiger partial charge in [0, 0.05) is 28.7 Å². The van der Waals surface area contributed by atoms with Crippen molar-refractivity contribution >= 4 is 62.3 Å². The Morgan fingerprint density at radius 2 is 1.49 bits per heavy atom. The smallest absolute Gasteiger partial charge is 0.264 e. The number of amides is 2. The Balaban J connectivity index is 2.09. The molecule has 0 fully saturated rings. The van der Waals surface area contributed by atoms with Crippen LogP contribution in [0.3, 0.4) is 0 Å². The van der Waals surface area contributed by atoms with Gasteiger partial charge in [-0.25, -0.2) is 8.42 Å². The van der Waals surface area contributed by atoms with E-state index in [2.05, 4.69) is 5.32 Å². The van der Waals surface area contributed by atoms with Crippen LogP contribution in [0.5, 0.6) is 0 Å². The molecule has 3 aromatic carbocycles. The number of nitrogens with zero attached hydrogens (tertiary/aromatic N) is 2. The maximum absolute atomic E-state index is 14.1. The molecule has 0 saturated carbocycles. The van der Waals surface area contributed by atoms with Crippen molar-refractivity contribution < 1.29 is 18.0 Å². The van der Waals surface area contributed by atoms with Crippen molar-refractivity contribution in [2.45, 2.75) is 57.5 Å². The van der Waals surface area contributed by atoms with Crippen LogP contribution < -0.4 is 9.62 Å². The molecule has 1 N–H and O–H groups in total. The van der Waals surface area contributed by atoms with Gasteiger partial charge in [-0.2, -0.15) is 0 Å². The van der Waals surface area contributed by atoms with Crippen molar-refractivity contribution in [3.63, 3.8) is 0 Å². The number of unbranched alkanes of at least 4 members (excludes halogenated alkanes) is 1. The van der Waals surface area contributed by atoms with E-state index in [0.29, 0.717) is 22.2 Å². The Hall–Kier alpha value is -2.78. The summed E-state index contributed by atoms with van der Waals surface area (Å²) >= 11 is 19.4. The molecule has 0 radical (unpaired) electrons.